The van der Waals surface area contributed by atoms with Crippen molar-refractivity contribution in [2.75, 3.05) is 13.7 Å². The SMILES string of the molecule is CCOc1ccccc1/C=N/NC(=O)c1cc(-c2ccc(OC)cc2)n[nH]1. The molecule has 1 heterocycles. The maximum Gasteiger partial charge on any atom is 0.289 e. The first kappa shape index (κ1) is 18.2. The highest BCUT2D eigenvalue weighted by Crippen LogP contribution is 2.21. The maximum atomic E-state index is 12.2. The number of nitrogens with zero attached hydrogens (tertiary/aromatic N) is 2. The smallest absolute Gasteiger partial charge is 0.289 e. The Morgan fingerprint density at radius 3 is 2.74 bits per heavy atom. The van der Waals surface area contributed by atoms with E-state index in [0.717, 1.165) is 16.9 Å². The number of rotatable bonds is 7. The van der Waals surface area contributed by atoms with Crippen LogP contribution in [0.15, 0.2) is 59.7 Å². The highest BCUT2D eigenvalue weighted by Gasteiger charge is 2.10. The van der Waals surface area contributed by atoms with Crippen molar-refractivity contribution in [1.82, 2.24) is 15.6 Å². The summed E-state index contributed by atoms with van der Waals surface area (Å²) in [4.78, 5) is 12.2. The highest BCUT2D eigenvalue weighted by atomic mass is 16.5. The Morgan fingerprint density at radius 2 is 2.00 bits per heavy atom. The van der Waals surface area contributed by atoms with Crippen LogP contribution in [-0.2, 0) is 0 Å². The molecule has 0 atom stereocenters. The molecule has 3 aromatic rings. The molecule has 2 N–H and O–H groups in total. The number of carbonyl (C=O) groups is 1. The number of ether oxygens (including phenoxy) is 2. The number of methoxy groups -OCH3 is 1. The molecule has 0 aliphatic heterocycles. The van der Waals surface area contributed by atoms with Gasteiger partial charge in [0.05, 0.1) is 25.6 Å². The van der Waals surface area contributed by atoms with Crippen LogP contribution in [0.4, 0.5) is 0 Å². The van der Waals surface area contributed by atoms with Crippen LogP contribution in [0.5, 0.6) is 11.5 Å². The molecule has 3 rings (SSSR count). The molecule has 1 amide bonds. The molecule has 0 saturated heterocycles. The molecule has 27 heavy (non-hydrogen) atoms. The summed E-state index contributed by atoms with van der Waals surface area (Å²) < 4.78 is 10.7. The number of hydrogen-bond acceptors (Lipinski definition) is 5. The van der Waals surface area contributed by atoms with Gasteiger partial charge in [0.25, 0.3) is 5.91 Å². The standard InChI is InChI=1S/C20H20N4O3/c1-3-27-19-7-5-4-6-15(19)13-21-24-20(25)18-12-17(22-23-18)14-8-10-16(26-2)11-9-14/h4-13H,3H2,1-2H3,(H,22,23)(H,24,25)/b21-13+. The zero-order valence-corrected chi connectivity index (χ0v) is 15.1. The van der Waals surface area contributed by atoms with Gasteiger partial charge in [-0.05, 0) is 49.4 Å². The van der Waals surface area contributed by atoms with Gasteiger partial charge >= 0.3 is 0 Å². The summed E-state index contributed by atoms with van der Waals surface area (Å²) in [7, 11) is 1.61. The van der Waals surface area contributed by atoms with Crippen molar-refractivity contribution >= 4 is 12.1 Å². The first-order valence-electron chi connectivity index (χ1n) is 8.46. The summed E-state index contributed by atoms with van der Waals surface area (Å²) in [5, 5.41) is 10.9. The lowest BCUT2D eigenvalue weighted by Gasteiger charge is -2.05. The van der Waals surface area contributed by atoms with Crippen molar-refractivity contribution in [2.24, 2.45) is 5.10 Å². The van der Waals surface area contributed by atoms with Crippen LogP contribution < -0.4 is 14.9 Å². The Labute approximate surface area is 157 Å². The fourth-order valence-corrected chi connectivity index (χ4v) is 2.44. The summed E-state index contributed by atoms with van der Waals surface area (Å²) >= 11 is 0. The van der Waals surface area contributed by atoms with Gasteiger partial charge in [-0.1, -0.05) is 12.1 Å². The fraction of sp³-hybridized carbons (Fsp3) is 0.150. The quantitative estimate of drug-likeness (QED) is 0.497. The van der Waals surface area contributed by atoms with E-state index >= 15 is 0 Å². The van der Waals surface area contributed by atoms with Gasteiger partial charge in [0, 0.05) is 11.1 Å². The van der Waals surface area contributed by atoms with E-state index in [9.17, 15) is 4.79 Å². The predicted molar refractivity (Wildman–Crippen MR) is 103 cm³/mol. The third-order valence-corrected chi connectivity index (χ3v) is 3.80. The molecule has 0 unspecified atom stereocenters. The van der Waals surface area contributed by atoms with Gasteiger partial charge in [0.2, 0.25) is 0 Å². The van der Waals surface area contributed by atoms with Crippen molar-refractivity contribution in [2.45, 2.75) is 6.92 Å². The second-order valence-corrected chi connectivity index (χ2v) is 5.57. The van der Waals surface area contributed by atoms with E-state index in [0.29, 0.717) is 23.7 Å². The van der Waals surface area contributed by atoms with E-state index in [1.165, 1.54) is 0 Å². The number of benzene rings is 2. The Kier molecular flexibility index (Phi) is 5.84. The first-order chi connectivity index (χ1) is 13.2. The number of nitrogens with one attached hydrogen (secondary N) is 2. The van der Waals surface area contributed by atoms with Gasteiger partial charge in [-0.15, -0.1) is 0 Å². The second-order valence-electron chi connectivity index (χ2n) is 5.57. The lowest BCUT2D eigenvalue weighted by molar-refractivity contribution is 0.0950. The van der Waals surface area contributed by atoms with Crippen LogP contribution in [0, 0.1) is 0 Å². The summed E-state index contributed by atoms with van der Waals surface area (Å²) in [5.74, 6) is 1.09. The van der Waals surface area contributed by atoms with E-state index in [1.807, 2.05) is 55.5 Å². The highest BCUT2D eigenvalue weighted by molar-refractivity contribution is 5.94. The lowest BCUT2D eigenvalue weighted by atomic mass is 10.1. The number of aromatic nitrogens is 2. The third-order valence-electron chi connectivity index (χ3n) is 3.80. The topological polar surface area (TPSA) is 88.6 Å². The van der Waals surface area contributed by atoms with Gasteiger partial charge in [0.1, 0.15) is 17.2 Å². The molecule has 138 valence electrons. The molecule has 0 spiro atoms. The predicted octanol–water partition coefficient (Wildman–Crippen LogP) is 3.25. The van der Waals surface area contributed by atoms with Gasteiger partial charge in [0.15, 0.2) is 0 Å². The number of hydrazone groups is 1. The van der Waals surface area contributed by atoms with E-state index in [4.69, 9.17) is 9.47 Å². The van der Waals surface area contributed by atoms with E-state index in [-0.39, 0.29) is 5.91 Å². The minimum atomic E-state index is -0.382. The zero-order valence-electron chi connectivity index (χ0n) is 15.1. The van der Waals surface area contributed by atoms with Crippen LogP contribution in [-0.4, -0.2) is 36.0 Å². The fourth-order valence-electron chi connectivity index (χ4n) is 2.44. The number of hydrogen-bond donors (Lipinski definition) is 2. The molecule has 0 radical (unpaired) electrons. The van der Waals surface area contributed by atoms with Crippen LogP contribution in [0.3, 0.4) is 0 Å². The average molecular weight is 364 g/mol. The molecule has 0 fully saturated rings. The van der Waals surface area contributed by atoms with Crippen LogP contribution >= 0.6 is 0 Å². The molecule has 7 heteroatoms. The van der Waals surface area contributed by atoms with E-state index < -0.39 is 0 Å². The van der Waals surface area contributed by atoms with Gasteiger partial charge in [-0.2, -0.15) is 10.2 Å². The zero-order chi connectivity index (χ0) is 19.1. The summed E-state index contributed by atoms with van der Waals surface area (Å²) in [5.41, 5.74) is 5.12. The molecule has 7 nitrogen and oxygen atoms in total. The molecule has 2 aromatic carbocycles. The molecule has 0 bridgehead atoms. The number of aromatic amines is 1. The van der Waals surface area contributed by atoms with Crippen molar-refractivity contribution < 1.29 is 14.3 Å². The maximum absolute atomic E-state index is 12.2. The van der Waals surface area contributed by atoms with Crippen LogP contribution in [0.2, 0.25) is 0 Å². The normalized spacial score (nSPS) is 10.7. The summed E-state index contributed by atoms with van der Waals surface area (Å²) in [6, 6.07) is 16.6. The Bertz CT molecular complexity index is 932. The van der Waals surface area contributed by atoms with Crippen molar-refractivity contribution in [3.63, 3.8) is 0 Å². The van der Waals surface area contributed by atoms with Gasteiger partial charge < -0.3 is 9.47 Å². The minimum absolute atomic E-state index is 0.316. The molecule has 0 aliphatic rings. The monoisotopic (exact) mass is 364 g/mol. The van der Waals surface area contributed by atoms with E-state index in [1.54, 1.807) is 19.4 Å². The van der Waals surface area contributed by atoms with Crippen molar-refractivity contribution in [1.29, 1.82) is 0 Å². The van der Waals surface area contributed by atoms with E-state index in [2.05, 4.69) is 20.7 Å². The molecular weight excluding hydrogens is 344 g/mol. The Balaban J connectivity index is 1.66. The van der Waals surface area contributed by atoms with Gasteiger partial charge in [-0.3, -0.25) is 9.89 Å². The number of para-hydroxylation sites is 1. The van der Waals surface area contributed by atoms with Crippen molar-refractivity contribution in [3.05, 3.63) is 65.9 Å². The second kappa shape index (κ2) is 8.66. The largest absolute Gasteiger partial charge is 0.497 e. The number of amides is 1. The molecular formula is C20H20N4O3. The number of H-pyrrole nitrogens is 1. The summed E-state index contributed by atoms with van der Waals surface area (Å²) in [6.45, 7) is 2.47. The molecule has 0 saturated carbocycles. The van der Waals surface area contributed by atoms with Gasteiger partial charge in [-0.25, -0.2) is 5.43 Å². The van der Waals surface area contributed by atoms with Crippen LogP contribution in [0.25, 0.3) is 11.3 Å². The summed E-state index contributed by atoms with van der Waals surface area (Å²) in [6.07, 6.45) is 1.55. The van der Waals surface area contributed by atoms with Crippen molar-refractivity contribution in [3.8, 4) is 22.8 Å². The van der Waals surface area contributed by atoms with Crippen LogP contribution in [0.1, 0.15) is 23.0 Å². The third kappa shape index (κ3) is 4.52. The molecule has 0 aliphatic carbocycles. The molecule has 1 aromatic heterocycles. The first-order valence-corrected chi connectivity index (χ1v) is 8.46. The number of carbonyl (C=O) groups excluding carboxylic acids is 1. The Hall–Kier alpha value is -3.61. The average Bonchev–Trinajstić information content (AvgIpc) is 3.20. The minimum Gasteiger partial charge on any atom is -0.497 e. The Morgan fingerprint density at radius 1 is 1.22 bits per heavy atom. The lowest BCUT2D eigenvalue weighted by Crippen LogP contribution is -2.18.